The lowest BCUT2D eigenvalue weighted by molar-refractivity contribution is 0.565. The molecule has 2 aromatic heterocycles. The first-order chi connectivity index (χ1) is 8.72. The number of halogens is 1. The minimum atomic E-state index is -0.0537. The first kappa shape index (κ1) is 11.9. The lowest BCUT2D eigenvalue weighted by atomic mass is 10.1. The van der Waals surface area contributed by atoms with Crippen LogP contribution in [-0.4, -0.2) is 16.3 Å². The van der Waals surface area contributed by atoms with E-state index in [1.807, 2.05) is 12.1 Å². The fourth-order valence-electron chi connectivity index (χ4n) is 2.06. The SMILES string of the molecule is O=c1cc2c(nn1Cc1ccc(Cl)s1)CCNC2. The number of hydrogen-bond acceptors (Lipinski definition) is 4. The Morgan fingerprint density at radius 2 is 2.39 bits per heavy atom. The number of nitrogens with zero attached hydrogens (tertiary/aromatic N) is 2. The first-order valence-corrected chi connectivity index (χ1v) is 6.97. The van der Waals surface area contributed by atoms with Crippen LogP contribution in [0, 0.1) is 0 Å². The molecule has 0 atom stereocenters. The molecule has 0 radical (unpaired) electrons. The monoisotopic (exact) mass is 281 g/mol. The van der Waals surface area contributed by atoms with Crippen LogP contribution in [0.3, 0.4) is 0 Å². The maximum atomic E-state index is 11.9. The molecule has 3 rings (SSSR count). The summed E-state index contributed by atoms with van der Waals surface area (Å²) in [4.78, 5) is 13.0. The molecule has 6 heteroatoms. The molecule has 0 fully saturated rings. The van der Waals surface area contributed by atoms with Crippen molar-refractivity contribution in [1.29, 1.82) is 0 Å². The molecule has 0 aliphatic carbocycles. The summed E-state index contributed by atoms with van der Waals surface area (Å²) in [6.45, 7) is 2.16. The van der Waals surface area contributed by atoms with Gasteiger partial charge in [-0.1, -0.05) is 11.6 Å². The van der Waals surface area contributed by atoms with Gasteiger partial charge < -0.3 is 5.32 Å². The van der Waals surface area contributed by atoms with Gasteiger partial charge in [-0.3, -0.25) is 4.79 Å². The van der Waals surface area contributed by atoms with Crippen molar-refractivity contribution < 1.29 is 0 Å². The van der Waals surface area contributed by atoms with E-state index in [1.54, 1.807) is 6.07 Å². The van der Waals surface area contributed by atoms with Gasteiger partial charge in [-0.05, 0) is 17.7 Å². The van der Waals surface area contributed by atoms with Crippen LogP contribution in [0.1, 0.15) is 16.1 Å². The highest BCUT2D eigenvalue weighted by Gasteiger charge is 2.13. The fraction of sp³-hybridized carbons (Fsp3) is 0.333. The number of hydrogen-bond donors (Lipinski definition) is 1. The zero-order valence-electron chi connectivity index (χ0n) is 9.65. The van der Waals surface area contributed by atoms with Crippen molar-refractivity contribution >= 4 is 22.9 Å². The van der Waals surface area contributed by atoms with E-state index in [0.29, 0.717) is 6.54 Å². The van der Waals surface area contributed by atoms with Gasteiger partial charge in [-0.2, -0.15) is 5.10 Å². The highest BCUT2D eigenvalue weighted by atomic mass is 35.5. The Balaban J connectivity index is 1.94. The van der Waals surface area contributed by atoms with Crippen molar-refractivity contribution in [1.82, 2.24) is 15.1 Å². The molecule has 2 aromatic rings. The molecule has 3 heterocycles. The molecule has 0 spiro atoms. The Bertz CT molecular complexity index is 634. The van der Waals surface area contributed by atoms with Gasteiger partial charge in [0.05, 0.1) is 16.6 Å². The fourth-order valence-corrected chi connectivity index (χ4v) is 3.13. The molecular formula is C12H12ClN3OS. The van der Waals surface area contributed by atoms with Crippen LogP contribution in [0.4, 0.5) is 0 Å². The van der Waals surface area contributed by atoms with Crippen molar-refractivity contribution in [2.75, 3.05) is 6.54 Å². The average molecular weight is 282 g/mol. The Hall–Kier alpha value is -1.17. The summed E-state index contributed by atoms with van der Waals surface area (Å²) in [6.07, 6.45) is 0.876. The van der Waals surface area contributed by atoms with Crippen molar-refractivity contribution in [3.8, 4) is 0 Å². The molecule has 4 nitrogen and oxygen atoms in total. The Morgan fingerprint density at radius 3 is 3.17 bits per heavy atom. The molecule has 94 valence electrons. The van der Waals surface area contributed by atoms with Crippen LogP contribution < -0.4 is 10.9 Å². The molecule has 0 aromatic carbocycles. The van der Waals surface area contributed by atoms with Crippen LogP contribution in [0.5, 0.6) is 0 Å². The van der Waals surface area contributed by atoms with Gasteiger partial charge in [0, 0.05) is 30.5 Å². The van der Waals surface area contributed by atoms with E-state index in [4.69, 9.17) is 11.6 Å². The molecule has 1 aliphatic heterocycles. The van der Waals surface area contributed by atoms with Crippen LogP contribution >= 0.6 is 22.9 Å². The Labute approximate surface area is 113 Å². The van der Waals surface area contributed by atoms with Crippen molar-refractivity contribution in [2.24, 2.45) is 0 Å². The molecule has 0 bridgehead atoms. The van der Waals surface area contributed by atoms with E-state index in [9.17, 15) is 4.79 Å². The number of aromatic nitrogens is 2. The van der Waals surface area contributed by atoms with Gasteiger partial charge >= 0.3 is 0 Å². The van der Waals surface area contributed by atoms with Crippen molar-refractivity contribution in [3.63, 3.8) is 0 Å². The lowest BCUT2D eigenvalue weighted by Crippen LogP contribution is -2.31. The summed E-state index contributed by atoms with van der Waals surface area (Å²) in [5.41, 5.74) is 1.99. The third kappa shape index (κ3) is 2.34. The van der Waals surface area contributed by atoms with Gasteiger partial charge in [-0.25, -0.2) is 4.68 Å². The van der Waals surface area contributed by atoms with Gasteiger partial charge in [0.15, 0.2) is 0 Å². The minimum absolute atomic E-state index is 0.0537. The summed E-state index contributed by atoms with van der Waals surface area (Å²) >= 11 is 7.37. The summed E-state index contributed by atoms with van der Waals surface area (Å²) in [7, 11) is 0. The Kier molecular flexibility index (Phi) is 3.20. The predicted molar refractivity (Wildman–Crippen MR) is 72.3 cm³/mol. The summed E-state index contributed by atoms with van der Waals surface area (Å²) < 4.78 is 2.26. The van der Waals surface area contributed by atoms with E-state index in [1.165, 1.54) is 16.0 Å². The van der Waals surface area contributed by atoms with Crippen LogP contribution in [0.15, 0.2) is 23.0 Å². The van der Waals surface area contributed by atoms with E-state index in [-0.39, 0.29) is 5.56 Å². The maximum Gasteiger partial charge on any atom is 0.267 e. The molecule has 18 heavy (non-hydrogen) atoms. The second-order valence-corrected chi connectivity index (χ2v) is 6.04. The highest BCUT2D eigenvalue weighted by Crippen LogP contribution is 2.21. The Morgan fingerprint density at radius 1 is 1.50 bits per heavy atom. The van der Waals surface area contributed by atoms with Crippen LogP contribution in [0.2, 0.25) is 4.34 Å². The maximum absolute atomic E-state index is 11.9. The van der Waals surface area contributed by atoms with Gasteiger partial charge in [0.1, 0.15) is 0 Å². The molecule has 1 N–H and O–H groups in total. The van der Waals surface area contributed by atoms with E-state index in [0.717, 1.165) is 40.0 Å². The predicted octanol–water partition coefficient (Wildman–Crippen LogP) is 1.65. The zero-order chi connectivity index (χ0) is 12.5. The summed E-state index contributed by atoms with van der Waals surface area (Å²) in [5, 5.41) is 7.68. The van der Waals surface area contributed by atoms with E-state index in [2.05, 4.69) is 10.4 Å². The first-order valence-electron chi connectivity index (χ1n) is 5.77. The van der Waals surface area contributed by atoms with E-state index >= 15 is 0 Å². The van der Waals surface area contributed by atoms with Gasteiger partial charge in [0.2, 0.25) is 0 Å². The van der Waals surface area contributed by atoms with Crippen molar-refractivity contribution in [3.05, 3.63) is 49.0 Å². The molecule has 0 saturated heterocycles. The molecule has 1 aliphatic rings. The third-order valence-electron chi connectivity index (χ3n) is 2.95. The van der Waals surface area contributed by atoms with Gasteiger partial charge in [0.25, 0.3) is 5.56 Å². The zero-order valence-corrected chi connectivity index (χ0v) is 11.2. The van der Waals surface area contributed by atoms with Crippen molar-refractivity contribution in [2.45, 2.75) is 19.5 Å². The normalized spacial score (nSPS) is 14.5. The number of rotatable bonds is 2. The summed E-state index contributed by atoms with van der Waals surface area (Å²) in [5.74, 6) is 0. The second kappa shape index (κ2) is 4.84. The lowest BCUT2D eigenvalue weighted by Gasteiger charge is -2.16. The molecular weight excluding hydrogens is 270 g/mol. The number of thiophene rings is 1. The standard InChI is InChI=1S/C12H12ClN3OS/c13-11-2-1-9(18-11)7-16-12(17)5-8-6-14-4-3-10(8)15-16/h1-2,5,14H,3-4,6-7H2. The van der Waals surface area contributed by atoms with Crippen LogP contribution in [-0.2, 0) is 19.5 Å². The number of nitrogens with one attached hydrogen (secondary N) is 1. The van der Waals surface area contributed by atoms with Gasteiger partial charge in [-0.15, -0.1) is 11.3 Å². The minimum Gasteiger partial charge on any atom is -0.312 e. The topological polar surface area (TPSA) is 46.9 Å². The average Bonchev–Trinajstić information content (AvgIpc) is 2.76. The molecule has 0 saturated carbocycles. The summed E-state index contributed by atoms with van der Waals surface area (Å²) in [6, 6.07) is 5.46. The highest BCUT2D eigenvalue weighted by molar-refractivity contribution is 7.16. The third-order valence-corrected chi connectivity index (χ3v) is 4.17. The molecule has 0 unspecified atom stereocenters. The van der Waals surface area contributed by atoms with Crippen LogP contribution in [0.25, 0.3) is 0 Å². The quantitative estimate of drug-likeness (QED) is 0.911. The van der Waals surface area contributed by atoms with E-state index < -0.39 is 0 Å². The number of fused-ring (bicyclic) bond motifs is 1. The second-order valence-electron chi connectivity index (χ2n) is 4.24. The smallest absolute Gasteiger partial charge is 0.267 e. The largest absolute Gasteiger partial charge is 0.312 e. The molecule has 0 amide bonds.